The Labute approximate surface area is 338 Å². The summed E-state index contributed by atoms with van der Waals surface area (Å²) in [6.07, 6.45) is 0.479. The molecule has 1 aliphatic heterocycles. The molecule has 2 bridgehead atoms. The molecule has 10 atom stereocenters. The summed E-state index contributed by atoms with van der Waals surface area (Å²) in [6, 6.07) is 9.27. The number of methoxy groups -OCH3 is 1. The summed E-state index contributed by atoms with van der Waals surface area (Å²) in [5.41, 5.74) is 4.07. The predicted octanol–water partition coefficient (Wildman–Crippen LogP) is 5.74. The van der Waals surface area contributed by atoms with Crippen molar-refractivity contribution in [2.75, 3.05) is 53.4 Å². The van der Waals surface area contributed by atoms with Crippen LogP contribution in [0.2, 0.25) is 0 Å². The van der Waals surface area contributed by atoms with Crippen LogP contribution in [-0.4, -0.2) is 116 Å². The average Bonchev–Trinajstić information content (AvgIpc) is 3.46. The van der Waals surface area contributed by atoms with Gasteiger partial charge < -0.3 is 35.2 Å². The van der Waals surface area contributed by atoms with Gasteiger partial charge >= 0.3 is 0 Å². The number of nitrogens with one attached hydrogen (secondary N) is 2. The maximum atomic E-state index is 14.1. The van der Waals surface area contributed by atoms with E-state index in [-0.39, 0.29) is 36.6 Å². The van der Waals surface area contributed by atoms with Crippen LogP contribution in [0.5, 0.6) is 5.75 Å². The van der Waals surface area contributed by atoms with E-state index in [9.17, 15) is 20.1 Å². The van der Waals surface area contributed by atoms with Crippen molar-refractivity contribution in [3.8, 4) is 16.9 Å². The molecule has 4 aliphatic rings. The van der Waals surface area contributed by atoms with Crippen molar-refractivity contribution in [2.45, 2.75) is 111 Å². The van der Waals surface area contributed by atoms with Crippen LogP contribution in [0.1, 0.15) is 83.7 Å². The van der Waals surface area contributed by atoms with Crippen molar-refractivity contribution in [3.63, 3.8) is 0 Å². The van der Waals surface area contributed by atoms with E-state index in [1.54, 1.807) is 19.1 Å². The summed E-state index contributed by atoms with van der Waals surface area (Å²) >= 11 is 3.84. The van der Waals surface area contributed by atoms with Gasteiger partial charge in [-0.05, 0) is 96.9 Å². The molecule has 55 heavy (non-hydrogen) atoms. The van der Waals surface area contributed by atoms with Crippen molar-refractivity contribution in [1.82, 2.24) is 20.6 Å². The first kappa shape index (κ1) is 43.8. The summed E-state index contributed by atoms with van der Waals surface area (Å²) in [6.45, 7) is 15.9. The minimum Gasteiger partial charge on any atom is -0.496 e. The second-order valence-electron chi connectivity index (χ2n) is 18.8. The van der Waals surface area contributed by atoms with Gasteiger partial charge in [-0.1, -0.05) is 59.7 Å². The van der Waals surface area contributed by atoms with Crippen LogP contribution in [-0.2, 0) is 11.4 Å². The number of ether oxygens (including phenoxy) is 1. The Bertz CT molecular complexity index is 1650. The number of carbonyl (C=O) groups is 1. The molecule has 1 unspecified atom stereocenters. The van der Waals surface area contributed by atoms with Gasteiger partial charge in [0.2, 0.25) is 0 Å². The number of fused-ring (bicyclic) bond motifs is 2. The zero-order valence-corrected chi connectivity index (χ0v) is 36.8. The predicted molar refractivity (Wildman–Crippen MR) is 223 cm³/mol. The van der Waals surface area contributed by atoms with Gasteiger partial charge in [0, 0.05) is 65.5 Å². The third-order valence-electron chi connectivity index (χ3n) is 12.7. The number of hydrogen-bond acceptors (Lipinski definition) is 10. The van der Waals surface area contributed by atoms with Gasteiger partial charge in [0.05, 0.1) is 38.0 Å². The normalized spacial score (nSPS) is 28.1. The molecule has 3 aliphatic carbocycles. The highest BCUT2D eigenvalue weighted by Crippen LogP contribution is 2.61. The third kappa shape index (κ3) is 9.38. The number of para-hydroxylation sites is 1. The first-order valence-electron chi connectivity index (χ1n) is 20.0. The zero-order chi connectivity index (χ0) is 40.7. The van der Waals surface area contributed by atoms with Gasteiger partial charge in [-0.15, -0.1) is 0 Å². The van der Waals surface area contributed by atoms with Gasteiger partial charge in [-0.3, -0.25) is 14.9 Å². The Morgan fingerprint density at radius 3 is 2.36 bits per heavy atom. The van der Waals surface area contributed by atoms with Crippen LogP contribution in [0.4, 0.5) is 5.69 Å². The number of anilines is 1. The number of hydroxylamine groups is 2. The number of carbonyl (C=O) groups excluding carboxylic acids is 1. The molecule has 12 heteroatoms. The Kier molecular flexibility index (Phi) is 13.8. The zero-order valence-electron chi connectivity index (χ0n) is 35.2. The SMILES string of the molecule is COc1c(CN2O[C@@H](CO)[C@@H]([C@H](C)O)[C@H]2C(O)N[C@H]2C[C@H]3C[C@@H]([C@@H]2C)C3(C)C)cccc1-c1cc(N(C)C)cc(C(=O)N[C@H](CN(C)C)CC(C)(C)C)c1Br. The first-order valence-corrected chi connectivity index (χ1v) is 20.8. The Hall–Kier alpha value is -2.29. The molecule has 0 spiro atoms. The number of likely N-dealkylation sites (N-methyl/N-ethyl adjacent to an activating group) is 1. The van der Waals surface area contributed by atoms with Gasteiger partial charge in [-0.2, -0.15) is 5.06 Å². The summed E-state index contributed by atoms with van der Waals surface area (Å²) in [7, 11) is 9.57. The van der Waals surface area contributed by atoms with Gasteiger partial charge in [0.1, 0.15) is 18.1 Å². The van der Waals surface area contributed by atoms with E-state index in [0.717, 1.165) is 35.2 Å². The standard InChI is InChI=1S/C43H68BrN5O6/c1-24-33-16-27(43(33,6)7)17-34(24)46-41(53)38-36(25(2)51)35(23-50)55-49(38)21-26-14-13-15-30(39(26)54-12)31-18-29(48(10)11)19-32(37(31)44)40(52)45-28(22-47(8)9)20-42(3,4)5/h13-15,18-19,24-25,27-28,33-36,38,41,46,50-51,53H,16-17,20-23H2,1-12H3,(H,45,52)/t24-,25-,27+,28-,33-,34-,35-,36+,38-,41?/m0/s1. The highest BCUT2D eigenvalue weighted by Gasteiger charge is 2.57. The second-order valence-corrected chi connectivity index (χ2v) is 19.6. The van der Waals surface area contributed by atoms with E-state index in [4.69, 9.17) is 9.57 Å². The number of benzene rings is 2. The molecule has 4 fully saturated rings. The molecule has 308 valence electrons. The third-order valence-corrected chi connectivity index (χ3v) is 13.6. The average molecular weight is 831 g/mol. The van der Waals surface area contributed by atoms with E-state index in [0.29, 0.717) is 45.5 Å². The van der Waals surface area contributed by atoms with Crippen molar-refractivity contribution in [3.05, 3.63) is 45.9 Å². The molecule has 6 rings (SSSR count). The van der Waals surface area contributed by atoms with E-state index >= 15 is 0 Å². The van der Waals surface area contributed by atoms with Crippen molar-refractivity contribution in [2.24, 2.45) is 34.5 Å². The van der Waals surface area contributed by atoms with E-state index in [1.807, 2.05) is 63.4 Å². The van der Waals surface area contributed by atoms with Crippen LogP contribution < -0.4 is 20.3 Å². The monoisotopic (exact) mass is 829 g/mol. The van der Waals surface area contributed by atoms with Crippen molar-refractivity contribution in [1.29, 1.82) is 0 Å². The van der Waals surface area contributed by atoms with Crippen molar-refractivity contribution < 1.29 is 29.7 Å². The summed E-state index contributed by atoms with van der Waals surface area (Å²) in [5.74, 6) is 1.48. The van der Waals surface area contributed by atoms with Crippen LogP contribution in [0.3, 0.4) is 0 Å². The van der Waals surface area contributed by atoms with Gasteiger partial charge in [-0.25, -0.2) is 0 Å². The number of amides is 1. The van der Waals surface area contributed by atoms with Crippen molar-refractivity contribution >= 4 is 27.5 Å². The molecule has 0 aromatic heterocycles. The molecule has 5 N–H and O–H groups in total. The minimum atomic E-state index is -1.01. The summed E-state index contributed by atoms with van der Waals surface area (Å²) in [5, 5.41) is 42.0. The molecular formula is C43H68BrN5O6. The number of aliphatic hydroxyl groups is 3. The Morgan fingerprint density at radius 2 is 1.82 bits per heavy atom. The largest absolute Gasteiger partial charge is 0.496 e. The summed E-state index contributed by atoms with van der Waals surface area (Å²) < 4.78 is 6.81. The van der Waals surface area contributed by atoms with E-state index in [2.05, 4.69) is 73.0 Å². The molecule has 1 saturated heterocycles. The maximum Gasteiger partial charge on any atom is 0.252 e. The van der Waals surface area contributed by atoms with E-state index < -0.39 is 30.4 Å². The fraction of sp³-hybridized carbons (Fsp3) is 0.698. The second kappa shape index (κ2) is 17.3. The minimum absolute atomic E-state index is 0.0258. The lowest BCUT2D eigenvalue weighted by molar-refractivity contribution is -0.195. The fourth-order valence-corrected chi connectivity index (χ4v) is 10.5. The van der Waals surface area contributed by atoms with Crippen LogP contribution in [0.15, 0.2) is 34.8 Å². The summed E-state index contributed by atoms with van der Waals surface area (Å²) in [4.78, 5) is 24.6. The molecular weight excluding hydrogens is 762 g/mol. The smallest absolute Gasteiger partial charge is 0.252 e. The molecule has 1 heterocycles. The number of nitrogens with zero attached hydrogens (tertiary/aromatic N) is 3. The van der Waals surface area contributed by atoms with Gasteiger partial charge in [0.25, 0.3) is 5.91 Å². The molecule has 1 amide bonds. The topological polar surface area (TPSA) is 130 Å². The molecule has 0 radical (unpaired) electrons. The lowest BCUT2D eigenvalue weighted by Gasteiger charge is -2.62. The Morgan fingerprint density at radius 1 is 1.13 bits per heavy atom. The molecule has 2 aromatic carbocycles. The van der Waals surface area contributed by atoms with Crippen LogP contribution >= 0.6 is 15.9 Å². The van der Waals surface area contributed by atoms with Gasteiger partial charge in [0.15, 0.2) is 0 Å². The molecule has 2 aromatic rings. The molecule has 3 saturated carbocycles. The fourth-order valence-electron chi connectivity index (χ4n) is 9.84. The van der Waals surface area contributed by atoms with Crippen LogP contribution in [0, 0.1) is 34.5 Å². The number of aliphatic hydroxyl groups excluding tert-OH is 3. The lowest BCUT2D eigenvalue weighted by atomic mass is 9.44. The quantitative estimate of drug-likeness (QED) is 0.142. The first-order chi connectivity index (χ1) is 25.7. The highest BCUT2D eigenvalue weighted by atomic mass is 79.9. The lowest BCUT2D eigenvalue weighted by Crippen LogP contribution is -2.63. The Balaban J connectivity index is 1.48. The highest BCUT2D eigenvalue weighted by molar-refractivity contribution is 9.10. The number of hydrogen-bond donors (Lipinski definition) is 5. The van der Waals surface area contributed by atoms with Crippen LogP contribution in [0.25, 0.3) is 11.1 Å². The maximum absolute atomic E-state index is 14.1. The van der Waals surface area contributed by atoms with E-state index in [1.165, 1.54) is 6.42 Å². The number of halogens is 1. The number of rotatable bonds is 15. The molecule has 11 nitrogen and oxygen atoms in total.